The Balaban J connectivity index is 3.06. The standard InChI is InChI=1S/C10H14OS/c1-10(2,12(3)11)9-7-5-4-6-8-9/h4-8H,1-3H3/t12-/m1/s1. The van der Waals surface area contributed by atoms with Gasteiger partial charge in [0.2, 0.25) is 0 Å². The molecule has 1 atom stereocenters. The lowest BCUT2D eigenvalue weighted by atomic mass is 10.0. The predicted molar refractivity (Wildman–Crippen MR) is 53.5 cm³/mol. The first-order valence-corrected chi connectivity index (χ1v) is 5.50. The molecular formula is C10H14OS. The SMILES string of the molecule is C[S@@](=O)C(C)(C)c1ccccc1. The van der Waals surface area contributed by atoms with Crippen LogP contribution in [-0.2, 0) is 15.5 Å². The maximum Gasteiger partial charge on any atom is 0.0648 e. The first-order valence-electron chi connectivity index (χ1n) is 3.94. The fourth-order valence-electron chi connectivity index (χ4n) is 1.01. The second-order valence-electron chi connectivity index (χ2n) is 3.33. The molecule has 0 saturated heterocycles. The van der Waals surface area contributed by atoms with Gasteiger partial charge in [-0.2, -0.15) is 0 Å². The van der Waals surface area contributed by atoms with Crippen molar-refractivity contribution in [3.05, 3.63) is 35.9 Å². The van der Waals surface area contributed by atoms with Gasteiger partial charge in [0.1, 0.15) is 0 Å². The molecular weight excluding hydrogens is 168 g/mol. The maximum absolute atomic E-state index is 11.4. The van der Waals surface area contributed by atoms with Crippen LogP contribution in [0.3, 0.4) is 0 Å². The lowest BCUT2D eigenvalue weighted by Gasteiger charge is -2.21. The molecule has 0 saturated carbocycles. The highest BCUT2D eigenvalue weighted by Gasteiger charge is 2.24. The van der Waals surface area contributed by atoms with Gasteiger partial charge in [-0.15, -0.1) is 0 Å². The summed E-state index contributed by atoms with van der Waals surface area (Å²) in [6.45, 7) is 4.00. The van der Waals surface area contributed by atoms with Crippen LogP contribution in [0.25, 0.3) is 0 Å². The van der Waals surface area contributed by atoms with Crippen molar-refractivity contribution in [1.82, 2.24) is 0 Å². The molecule has 0 aromatic heterocycles. The van der Waals surface area contributed by atoms with Crippen molar-refractivity contribution in [1.29, 1.82) is 0 Å². The zero-order chi connectivity index (χ0) is 9.19. The van der Waals surface area contributed by atoms with E-state index in [2.05, 4.69) is 0 Å². The van der Waals surface area contributed by atoms with Gasteiger partial charge in [-0.25, -0.2) is 0 Å². The summed E-state index contributed by atoms with van der Waals surface area (Å²) in [6, 6.07) is 9.95. The second kappa shape index (κ2) is 3.40. The van der Waals surface area contributed by atoms with Gasteiger partial charge in [-0.3, -0.25) is 4.21 Å². The zero-order valence-corrected chi connectivity index (χ0v) is 8.52. The van der Waals surface area contributed by atoms with Crippen molar-refractivity contribution >= 4 is 10.8 Å². The normalized spacial score (nSPS) is 14.2. The van der Waals surface area contributed by atoms with Crippen LogP contribution in [0.5, 0.6) is 0 Å². The van der Waals surface area contributed by atoms with E-state index in [0.29, 0.717) is 0 Å². The van der Waals surface area contributed by atoms with Crippen LogP contribution in [0.4, 0.5) is 0 Å². The van der Waals surface area contributed by atoms with Crippen LogP contribution >= 0.6 is 0 Å². The van der Waals surface area contributed by atoms with Crippen molar-refractivity contribution in [2.75, 3.05) is 6.26 Å². The van der Waals surface area contributed by atoms with Crippen LogP contribution < -0.4 is 0 Å². The fraction of sp³-hybridized carbons (Fsp3) is 0.400. The second-order valence-corrected chi connectivity index (χ2v) is 5.26. The number of benzene rings is 1. The van der Waals surface area contributed by atoms with Gasteiger partial charge in [0.25, 0.3) is 0 Å². The molecule has 0 amide bonds. The van der Waals surface area contributed by atoms with E-state index < -0.39 is 10.8 Å². The largest absolute Gasteiger partial charge is 0.259 e. The average molecular weight is 182 g/mol. The van der Waals surface area contributed by atoms with Gasteiger partial charge in [-0.05, 0) is 19.4 Å². The molecule has 0 radical (unpaired) electrons. The molecule has 0 fully saturated rings. The molecule has 0 spiro atoms. The third-order valence-corrected chi connectivity index (χ3v) is 3.86. The summed E-state index contributed by atoms with van der Waals surface area (Å²) in [6.07, 6.45) is 1.74. The quantitative estimate of drug-likeness (QED) is 0.686. The minimum absolute atomic E-state index is 0.235. The van der Waals surface area contributed by atoms with Crippen LogP contribution in [0.15, 0.2) is 30.3 Å². The molecule has 0 unspecified atom stereocenters. The average Bonchev–Trinajstić information content (AvgIpc) is 2.06. The summed E-state index contributed by atoms with van der Waals surface area (Å²) in [5.74, 6) is 0. The van der Waals surface area contributed by atoms with E-state index in [1.165, 1.54) is 0 Å². The van der Waals surface area contributed by atoms with Gasteiger partial charge >= 0.3 is 0 Å². The molecule has 66 valence electrons. The highest BCUT2D eigenvalue weighted by Crippen LogP contribution is 2.25. The van der Waals surface area contributed by atoms with Gasteiger partial charge in [0.05, 0.1) is 4.75 Å². The smallest absolute Gasteiger partial charge is 0.0648 e. The third kappa shape index (κ3) is 1.75. The van der Waals surface area contributed by atoms with Crippen LogP contribution in [0, 0.1) is 0 Å². The Bertz CT molecular complexity index is 277. The molecule has 0 N–H and O–H groups in total. The molecule has 0 aliphatic carbocycles. The van der Waals surface area contributed by atoms with E-state index in [0.717, 1.165) is 5.56 Å². The molecule has 2 heteroatoms. The van der Waals surface area contributed by atoms with Crippen LogP contribution in [0.1, 0.15) is 19.4 Å². The Morgan fingerprint density at radius 3 is 2.08 bits per heavy atom. The number of hydrogen-bond acceptors (Lipinski definition) is 1. The summed E-state index contributed by atoms with van der Waals surface area (Å²) in [4.78, 5) is 0. The van der Waals surface area contributed by atoms with Gasteiger partial charge in [-0.1, -0.05) is 30.3 Å². The zero-order valence-electron chi connectivity index (χ0n) is 7.70. The lowest BCUT2D eigenvalue weighted by molar-refractivity contribution is 0.648. The Morgan fingerprint density at radius 2 is 1.67 bits per heavy atom. The molecule has 1 nitrogen and oxygen atoms in total. The summed E-state index contributed by atoms with van der Waals surface area (Å²) >= 11 is 0. The highest BCUT2D eigenvalue weighted by atomic mass is 32.2. The maximum atomic E-state index is 11.4. The van der Waals surface area contributed by atoms with Crippen molar-refractivity contribution < 1.29 is 4.21 Å². The topological polar surface area (TPSA) is 17.1 Å². The minimum Gasteiger partial charge on any atom is -0.259 e. The van der Waals surface area contributed by atoms with E-state index in [9.17, 15) is 4.21 Å². The Hall–Kier alpha value is -0.630. The monoisotopic (exact) mass is 182 g/mol. The van der Waals surface area contributed by atoms with Gasteiger partial charge in [0, 0.05) is 17.1 Å². The summed E-state index contributed by atoms with van der Waals surface area (Å²) < 4.78 is 11.1. The Morgan fingerprint density at radius 1 is 1.17 bits per heavy atom. The van der Waals surface area contributed by atoms with Gasteiger partial charge < -0.3 is 0 Å². The highest BCUT2D eigenvalue weighted by molar-refractivity contribution is 7.85. The molecule has 0 aliphatic heterocycles. The fourth-order valence-corrected chi connectivity index (χ4v) is 1.47. The van der Waals surface area contributed by atoms with Crippen molar-refractivity contribution in [2.45, 2.75) is 18.6 Å². The number of hydrogen-bond donors (Lipinski definition) is 0. The summed E-state index contributed by atoms with van der Waals surface area (Å²) in [7, 11) is -0.827. The predicted octanol–water partition coefficient (Wildman–Crippen LogP) is 2.30. The first-order chi connectivity index (χ1) is 5.55. The molecule has 1 rings (SSSR count). The van der Waals surface area contributed by atoms with Gasteiger partial charge in [0.15, 0.2) is 0 Å². The number of rotatable bonds is 2. The summed E-state index contributed by atoms with van der Waals surface area (Å²) in [5.41, 5.74) is 1.13. The minimum atomic E-state index is -0.827. The van der Waals surface area contributed by atoms with Crippen molar-refractivity contribution in [3.8, 4) is 0 Å². The molecule has 1 aromatic rings. The van der Waals surface area contributed by atoms with E-state index in [1.54, 1.807) is 6.26 Å². The van der Waals surface area contributed by atoms with E-state index >= 15 is 0 Å². The van der Waals surface area contributed by atoms with Crippen molar-refractivity contribution in [3.63, 3.8) is 0 Å². The van der Waals surface area contributed by atoms with Crippen LogP contribution in [-0.4, -0.2) is 10.5 Å². The van der Waals surface area contributed by atoms with E-state index in [-0.39, 0.29) is 4.75 Å². The van der Waals surface area contributed by atoms with E-state index in [4.69, 9.17) is 0 Å². The van der Waals surface area contributed by atoms with E-state index in [1.807, 2.05) is 44.2 Å². The molecule has 0 bridgehead atoms. The molecule has 1 aromatic carbocycles. The van der Waals surface area contributed by atoms with Crippen LogP contribution in [0.2, 0.25) is 0 Å². The Labute approximate surface area is 76.3 Å². The van der Waals surface area contributed by atoms with Crippen molar-refractivity contribution in [2.24, 2.45) is 0 Å². The molecule has 12 heavy (non-hydrogen) atoms. The molecule has 0 heterocycles. The molecule has 0 aliphatic rings. The first kappa shape index (κ1) is 9.46. The third-order valence-electron chi connectivity index (χ3n) is 2.19. The Kier molecular flexibility index (Phi) is 2.68. The summed E-state index contributed by atoms with van der Waals surface area (Å²) in [5, 5.41) is 0. The lowest BCUT2D eigenvalue weighted by Crippen LogP contribution is -2.22.